The van der Waals surface area contributed by atoms with Crippen LogP contribution in [-0.4, -0.2) is 32.3 Å². The molecule has 0 aliphatic heterocycles. The van der Waals surface area contributed by atoms with Gasteiger partial charge in [-0.05, 0) is 76.5 Å². The summed E-state index contributed by atoms with van der Waals surface area (Å²) in [6, 6.07) is 0. The van der Waals surface area contributed by atoms with Gasteiger partial charge in [0.05, 0.1) is 16.1 Å². The average Bonchev–Trinajstić information content (AvgIpc) is 3.08. The van der Waals surface area contributed by atoms with E-state index in [1.54, 1.807) is 33.9 Å². The molecule has 1 saturated carbocycles. The van der Waals surface area contributed by atoms with E-state index in [2.05, 4.69) is 100 Å². The van der Waals surface area contributed by atoms with E-state index >= 15 is 0 Å². The molecule has 0 heterocycles. The van der Waals surface area contributed by atoms with Gasteiger partial charge in [-0.1, -0.05) is 78.6 Å². The number of allylic oxidation sites excluding steroid dienone is 2. The first-order valence-electron chi connectivity index (χ1n) is 11.0. The molecule has 0 spiro atoms. The Morgan fingerprint density at radius 1 is 0.500 bits per heavy atom. The Morgan fingerprint density at radius 3 is 0.938 bits per heavy atom. The van der Waals surface area contributed by atoms with Gasteiger partial charge in [-0.25, -0.2) is 0 Å². The summed E-state index contributed by atoms with van der Waals surface area (Å²) in [6.07, 6.45) is 10.0. The molecule has 0 aromatic rings. The van der Waals surface area contributed by atoms with Gasteiger partial charge in [0.15, 0.2) is 0 Å². The van der Waals surface area contributed by atoms with Crippen LogP contribution in [0, 0.1) is 53.7 Å². The summed E-state index contributed by atoms with van der Waals surface area (Å²) in [5.74, 6) is 0. The summed E-state index contributed by atoms with van der Waals surface area (Å²) in [5, 5.41) is 10.3. The van der Waals surface area contributed by atoms with Crippen LogP contribution in [-0.2, 0) is 16.8 Å². The maximum Gasteiger partial charge on any atom is 0.130 e. The van der Waals surface area contributed by atoms with Gasteiger partial charge in [0.25, 0.3) is 0 Å². The normalized spacial score (nSPS) is 16.6. The molecule has 7 heteroatoms. The molecule has 0 aromatic carbocycles. The van der Waals surface area contributed by atoms with E-state index in [1.165, 1.54) is 9.81 Å². The van der Waals surface area contributed by atoms with E-state index in [0.717, 1.165) is 0 Å². The SMILES string of the molecule is C[Si](C)(C)C#CSC1=C(SC#C[Si](C)(C)C)C([Si](C)(C)C)=C1[Si](C)(C)C.[CH]1[CH][CH][CH][CH]1.[Co]. The zero-order chi connectivity index (χ0) is 24.1. The molecular formula is C25H41CoS2Si4. The fourth-order valence-corrected chi connectivity index (χ4v) is 15.0. The van der Waals surface area contributed by atoms with Crippen LogP contribution in [0.5, 0.6) is 0 Å². The molecule has 2 aliphatic carbocycles. The molecule has 0 N–H and O–H groups in total. The molecule has 0 aromatic heterocycles. The van der Waals surface area contributed by atoms with E-state index in [0.29, 0.717) is 0 Å². The zero-order valence-electron chi connectivity index (χ0n) is 22.0. The third-order valence-electron chi connectivity index (χ3n) is 4.12. The molecule has 1 fully saturated rings. The Morgan fingerprint density at radius 2 is 0.750 bits per heavy atom. The van der Waals surface area contributed by atoms with Crippen LogP contribution in [0.3, 0.4) is 0 Å². The zero-order valence-corrected chi connectivity index (χ0v) is 28.7. The molecule has 0 bridgehead atoms. The minimum Gasteiger partial charge on any atom is -0.120 e. The monoisotopic (exact) mass is 576 g/mol. The Balaban J connectivity index is 0.00000140. The van der Waals surface area contributed by atoms with Crippen molar-refractivity contribution in [2.75, 3.05) is 0 Å². The minimum absolute atomic E-state index is 0. The van der Waals surface area contributed by atoms with Crippen molar-refractivity contribution < 1.29 is 16.8 Å². The van der Waals surface area contributed by atoms with Crippen molar-refractivity contribution in [1.82, 2.24) is 0 Å². The first-order valence-corrected chi connectivity index (χ1v) is 26.6. The van der Waals surface area contributed by atoms with Crippen LogP contribution < -0.4 is 0 Å². The molecule has 6 radical (unpaired) electrons. The number of thioether (sulfide) groups is 2. The molecule has 0 nitrogen and oxygen atoms in total. The van der Waals surface area contributed by atoms with Crippen molar-refractivity contribution >= 4 is 55.8 Å². The van der Waals surface area contributed by atoms with Crippen LogP contribution in [0.15, 0.2) is 20.2 Å². The predicted octanol–water partition coefficient (Wildman–Crippen LogP) is 8.42. The Hall–Kier alpha value is 0.674. The van der Waals surface area contributed by atoms with Crippen molar-refractivity contribution in [3.8, 4) is 21.6 Å². The van der Waals surface area contributed by atoms with Gasteiger partial charge in [0.2, 0.25) is 0 Å². The minimum atomic E-state index is -1.40. The molecule has 2 rings (SSSR count). The molecule has 32 heavy (non-hydrogen) atoms. The summed E-state index contributed by atoms with van der Waals surface area (Å²) in [5.41, 5.74) is 7.06. The number of hydrogen-bond acceptors (Lipinski definition) is 2. The van der Waals surface area contributed by atoms with E-state index in [-0.39, 0.29) is 16.8 Å². The van der Waals surface area contributed by atoms with Gasteiger partial charge in [-0.3, -0.25) is 0 Å². The molecule has 0 atom stereocenters. The second-order valence-corrected chi connectivity index (χ2v) is 33.2. The van der Waals surface area contributed by atoms with Crippen LogP contribution in [0.25, 0.3) is 0 Å². The third-order valence-corrected chi connectivity index (χ3v) is 12.6. The van der Waals surface area contributed by atoms with Gasteiger partial charge in [0.1, 0.15) is 16.1 Å². The summed E-state index contributed by atoms with van der Waals surface area (Å²) < 4.78 is 0. The van der Waals surface area contributed by atoms with Crippen molar-refractivity contribution in [1.29, 1.82) is 0 Å². The molecule has 0 amide bonds. The fourth-order valence-electron chi connectivity index (χ4n) is 2.80. The van der Waals surface area contributed by atoms with Gasteiger partial charge in [-0.15, -0.1) is 11.1 Å². The summed E-state index contributed by atoms with van der Waals surface area (Å²) in [4.78, 5) is 2.92. The van der Waals surface area contributed by atoms with Crippen LogP contribution >= 0.6 is 23.5 Å². The summed E-state index contributed by atoms with van der Waals surface area (Å²) in [6.45, 7) is 28.7. The van der Waals surface area contributed by atoms with Crippen molar-refractivity contribution in [3.63, 3.8) is 0 Å². The van der Waals surface area contributed by atoms with Gasteiger partial charge < -0.3 is 0 Å². The Kier molecular flexibility index (Phi) is 13.4. The topological polar surface area (TPSA) is 0 Å². The molecular weight excluding hydrogens is 536 g/mol. The third kappa shape index (κ3) is 11.9. The van der Waals surface area contributed by atoms with Crippen LogP contribution in [0.1, 0.15) is 0 Å². The second kappa shape index (κ2) is 13.1. The predicted molar refractivity (Wildman–Crippen MR) is 160 cm³/mol. The summed E-state index contributed by atoms with van der Waals surface area (Å²) in [7, 11) is -5.47. The Bertz CT molecular complexity index is 749. The van der Waals surface area contributed by atoms with Crippen molar-refractivity contribution in [3.05, 3.63) is 52.3 Å². The van der Waals surface area contributed by atoms with Gasteiger partial charge >= 0.3 is 0 Å². The second-order valence-electron chi connectivity index (χ2n) is 12.0. The Labute approximate surface area is 223 Å². The van der Waals surface area contributed by atoms with E-state index in [4.69, 9.17) is 0 Å². The largest absolute Gasteiger partial charge is 0.130 e. The first kappa shape index (κ1) is 32.7. The first-order chi connectivity index (χ1) is 13.9. The van der Waals surface area contributed by atoms with Crippen molar-refractivity contribution in [2.24, 2.45) is 0 Å². The number of rotatable bonds is 4. The smallest absolute Gasteiger partial charge is 0.120 e. The summed E-state index contributed by atoms with van der Waals surface area (Å²) >= 11 is 3.57. The van der Waals surface area contributed by atoms with Crippen molar-refractivity contribution in [2.45, 2.75) is 78.6 Å². The maximum atomic E-state index is 3.53. The molecule has 178 valence electrons. The fraction of sp³-hybridized carbons (Fsp3) is 0.480. The van der Waals surface area contributed by atoms with Crippen LogP contribution in [0.2, 0.25) is 78.6 Å². The molecule has 0 unspecified atom stereocenters. The maximum absolute atomic E-state index is 3.53. The standard InChI is InChI=1S/C20H36S2Si4.C5H5.Co/c1-23(2,3)15-13-21-17-18(22-14-16-24(4,5)6)20(26(10,11)12)19(17)25(7,8)9;1-2-4-5-3-1;/h1-12H3;1-5H;. The van der Waals surface area contributed by atoms with E-state index in [9.17, 15) is 0 Å². The van der Waals surface area contributed by atoms with E-state index < -0.39 is 32.3 Å². The van der Waals surface area contributed by atoms with Crippen LogP contribution in [0.4, 0.5) is 0 Å². The molecule has 2 aliphatic rings. The molecule has 0 saturated heterocycles. The van der Waals surface area contributed by atoms with Gasteiger partial charge in [-0.2, -0.15) is 0 Å². The van der Waals surface area contributed by atoms with Gasteiger partial charge in [0, 0.05) is 26.6 Å². The quantitative estimate of drug-likeness (QED) is 0.243. The van der Waals surface area contributed by atoms with E-state index in [1.807, 2.05) is 32.1 Å². The average molecular weight is 577 g/mol. The number of hydrogen-bond donors (Lipinski definition) is 0.